The maximum absolute atomic E-state index is 8.95. The molecule has 2 rings (SSSR count). The highest BCUT2D eigenvalue weighted by atomic mass is 79.9. The minimum Gasteiger partial charge on any atom is -0.411 e. The molecular weight excluding hydrogens is 218 g/mol. The smallest absolute Gasteiger partial charge is 0.0796 e. The molecular formula is C9H14BrNO. The molecule has 0 radical (unpaired) electrons. The SMILES string of the molecule is CC1(C)/C(=N\O)[C@@]2(Br)CC[C@H]1C2. The van der Waals surface area contributed by atoms with E-state index in [1.807, 2.05) is 0 Å². The maximum atomic E-state index is 8.95. The number of hydrogen-bond donors (Lipinski definition) is 1. The summed E-state index contributed by atoms with van der Waals surface area (Å²) < 4.78 is 0.0237. The summed E-state index contributed by atoms with van der Waals surface area (Å²) in [5.74, 6) is 0.697. The molecule has 0 aromatic heterocycles. The van der Waals surface area contributed by atoms with Crippen LogP contribution in [0.2, 0.25) is 0 Å². The Morgan fingerprint density at radius 2 is 2.25 bits per heavy atom. The summed E-state index contributed by atoms with van der Waals surface area (Å²) in [6.07, 6.45) is 3.52. The van der Waals surface area contributed by atoms with Crippen LogP contribution in [-0.2, 0) is 0 Å². The zero-order valence-electron chi connectivity index (χ0n) is 7.47. The van der Waals surface area contributed by atoms with Crippen LogP contribution in [0.5, 0.6) is 0 Å². The van der Waals surface area contributed by atoms with Crippen LogP contribution in [0, 0.1) is 11.3 Å². The number of halogens is 1. The first-order valence-corrected chi connectivity index (χ1v) is 5.22. The predicted octanol–water partition coefficient (Wildman–Crippen LogP) is 2.79. The van der Waals surface area contributed by atoms with E-state index < -0.39 is 0 Å². The van der Waals surface area contributed by atoms with E-state index in [9.17, 15) is 0 Å². The van der Waals surface area contributed by atoms with Crippen LogP contribution >= 0.6 is 15.9 Å². The van der Waals surface area contributed by atoms with Crippen LogP contribution in [0.25, 0.3) is 0 Å². The van der Waals surface area contributed by atoms with E-state index in [4.69, 9.17) is 5.21 Å². The van der Waals surface area contributed by atoms with Crippen molar-refractivity contribution in [3.63, 3.8) is 0 Å². The molecule has 2 atom stereocenters. The number of hydrogen-bond acceptors (Lipinski definition) is 2. The Morgan fingerprint density at radius 3 is 2.58 bits per heavy atom. The molecule has 0 spiro atoms. The predicted molar refractivity (Wildman–Crippen MR) is 52.0 cm³/mol. The Kier molecular flexibility index (Phi) is 1.60. The second kappa shape index (κ2) is 2.25. The standard InChI is InChI=1S/C9H14BrNO/c1-8(2)6-3-4-9(10,5-6)7(8)11-12/h6,12H,3-5H2,1-2H3/b11-7+/t6-,9+/m0/s1. The van der Waals surface area contributed by atoms with Crippen LogP contribution in [0.4, 0.5) is 0 Å². The second-order valence-corrected chi connectivity index (χ2v) is 6.09. The van der Waals surface area contributed by atoms with Gasteiger partial charge in [0.1, 0.15) is 0 Å². The summed E-state index contributed by atoms with van der Waals surface area (Å²) in [7, 11) is 0. The van der Waals surface area contributed by atoms with Gasteiger partial charge in [-0.15, -0.1) is 0 Å². The fourth-order valence-electron chi connectivity index (χ4n) is 2.82. The first-order valence-electron chi connectivity index (χ1n) is 4.42. The van der Waals surface area contributed by atoms with Crippen LogP contribution in [0.3, 0.4) is 0 Å². The number of rotatable bonds is 0. The van der Waals surface area contributed by atoms with E-state index in [0.717, 1.165) is 18.6 Å². The molecule has 2 fully saturated rings. The topological polar surface area (TPSA) is 32.6 Å². The Bertz CT molecular complexity index is 242. The molecule has 0 saturated heterocycles. The first-order chi connectivity index (χ1) is 5.50. The van der Waals surface area contributed by atoms with Crippen molar-refractivity contribution in [2.45, 2.75) is 37.4 Å². The lowest BCUT2D eigenvalue weighted by Gasteiger charge is -2.32. The summed E-state index contributed by atoms with van der Waals surface area (Å²) in [5.41, 5.74) is 1.04. The molecule has 2 aliphatic carbocycles. The van der Waals surface area contributed by atoms with Gasteiger partial charge in [0, 0.05) is 5.41 Å². The van der Waals surface area contributed by atoms with Crippen LogP contribution in [0.15, 0.2) is 5.16 Å². The molecule has 0 aliphatic heterocycles. The molecule has 2 bridgehead atoms. The third-order valence-electron chi connectivity index (χ3n) is 3.61. The summed E-state index contributed by atoms with van der Waals surface area (Å²) in [6.45, 7) is 4.35. The van der Waals surface area contributed by atoms with Crippen molar-refractivity contribution >= 4 is 21.6 Å². The minimum atomic E-state index is 0.0237. The van der Waals surface area contributed by atoms with Gasteiger partial charge in [0.05, 0.1) is 10.0 Å². The van der Waals surface area contributed by atoms with Crippen LogP contribution in [-0.4, -0.2) is 15.2 Å². The van der Waals surface area contributed by atoms with Crippen molar-refractivity contribution in [3.05, 3.63) is 0 Å². The van der Waals surface area contributed by atoms with Gasteiger partial charge < -0.3 is 5.21 Å². The van der Waals surface area contributed by atoms with Crippen molar-refractivity contribution in [2.24, 2.45) is 16.5 Å². The van der Waals surface area contributed by atoms with Crippen molar-refractivity contribution in [1.82, 2.24) is 0 Å². The largest absolute Gasteiger partial charge is 0.411 e. The highest BCUT2D eigenvalue weighted by Gasteiger charge is 2.59. The van der Waals surface area contributed by atoms with Crippen LogP contribution < -0.4 is 0 Å². The Labute approximate surface area is 81.2 Å². The van der Waals surface area contributed by atoms with Crippen molar-refractivity contribution in [3.8, 4) is 0 Å². The highest BCUT2D eigenvalue weighted by molar-refractivity contribution is 9.10. The van der Waals surface area contributed by atoms with Crippen molar-refractivity contribution in [1.29, 1.82) is 0 Å². The Balaban J connectivity index is 2.45. The summed E-state index contributed by atoms with van der Waals surface area (Å²) in [5, 5.41) is 12.4. The zero-order chi connectivity index (χ0) is 8.98. The molecule has 12 heavy (non-hydrogen) atoms. The number of alkyl halides is 1. The molecule has 1 N–H and O–H groups in total. The van der Waals surface area contributed by atoms with Crippen molar-refractivity contribution < 1.29 is 5.21 Å². The zero-order valence-corrected chi connectivity index (χ0v) is 9.06. The Hall–Kier alpha value is -0.0500. The minimum absolute atomic E-state index is 0.0237. The van der Waals surface area contributed by atoms with E-state index in [2.05, 4.69) is 34.9 Å². The van der Waals surface area contributed by atoms with Gasteiger partial charge in [-0.05, 0) is 25.2 Å². The molecule has 2 aliphatic rings. The molecule has 0 aromatic rings. The lowest BCUT2D eigenvalue weighted by atomic mass is 9.75. The van der Waals surface area contributed by atoms with E-state index in [1.54, 1.807) is 0 Å². The average Bonchev–Trinajstić information content (AvgIpc) is 2.39. The monoisotopic (exact) mass is 231 g/mol. The molecule has 0 heterocycles. The van der Waals surface area contributed by atoms with Gasteiger partial charge in [-0.3, -0.25) is 0 Å². The van der Waals surface area contributed by atoms with Gasteiger partial charge in [-0.2, -0.15) is 0 Å². The number of nitrogens with zero attached hydrogens (tertiary/aromatic N) is 1. The summed E-state index contributed by atoms with van der Waals surface area (Å²) in [4.78, 5) is 0. The van der Waals surface area contributed by atoms with Crippen molar-refractivity contribution in [2.75, 3.05) is 0 Å². The van der Waals surface area contributed by atoms with E-state index in [-0.39, 0.29) is 9.74 Å². The number of fused-ring (bicyclic) bond motifs is 2. The van der Waals surface area contributed by atoms with Gasteiger partial charge >= 0.3 is 0 Å². The number of oxime groups is 1. The molecule has 3 heteroatoms. The quantitative estimate of drug-likeness (QED) is 0.388. The lowest BCUT2D eigenvalue weighted by molar-refractivity contribution is 0.286. The van der Waals surface area contributed by atoms with Crippen LogP contribution in [0.1, 0.15) is 33.1 Å². The average molecular weight is 232 g/mol. The normalized spacial score (nSPS) is 47.2. The fourth-order valence-corrected chi connectivity index (χ4v) is 4.03. The first kappa shape index (κ1) is 8.54. The molecule has 68 valence electrons. The molecule has 0 amide bonds. The molecule has 2 saturated carbocycles. The maximum Gasteiger partial charge on any atom is 0.0796 e. The van der Waals surface area contributed by atoms with E-state index >= 15 is 0 Å². The molecule has 0 aromatic carbocycles. The summed E-state index contributed by atoms with van der Waals surface area (Å²) >= 11 is 3.70. The van der Waals surface area contributed by atoms with Gasteiger partial charge in [0.25, 0.3) is 0 Å². The Morgan fingerprint density at radius 1 is 1.58 bits per heavy atom. The van der Waals surface area contributed by atoms with Gasteiger partial charge in [-0.25, -0.2) is 0 Å². The lowest BCUT2D eigenvalue weighted by Crippen LogP contribution is -2.37. The van der Waals surface area contributed by atoms with Gasteiger partial charge in [0.15, 0.2) is 0 Å². The summed E-state index contributed by atoms with van der Waals surface area (Å²) in [6, 6.07) is 0. The van der Waals surface area contributed by atoms with E-state index in [0.29, 0.717) is 5.92 Å². The third-order valence-corrected chi connectivity index (χ3v) is 4.71. The molecule has 0 unspecified atom stereocenters. The third kappa shape index (κ3) is 0.832. The highest BCUT2D eigenvalue weighted by Crippen LogP contribution is 2.59. The van der Waals surface area contributed by atoms with Gasteiger partial charge in [-0.1, -0.05) is 34.9 Å². The molecule has 2 nitrogen and oxygen atoms in total. The second-order valence-electron chi connectivity index (χ2n) is 4.58. The van der Waals surface area contributed by atoms with E-state index in [1.165, 1.54) is 6.42 Å². The fraction of sp³-hybridized carbons (Fsp3) is 0.889. The van der Waals surface area contributed by atoms with Gasteiger partial charge in [0.2, 0.25) is 0 Å².